The van der Waals surface area contributed by atoms with E-state index in [1.54, 1.807) is 0 Å². The molecule has 1 aliphatic heterocycles. The quantitative estimate of drug-likeness (QED) is 0.264. The molecule has 182 valence electrons. The molecule has 2 N–H and O–H groups in total. The van der Waals surface area contributed by atoms with Crippen molar-refractivity contribution in [1.82, 2.24) is 5.32 Å². The van der Waals surface area contributed by atoms with Gasteiger partial charge in [-0.05, 0) is 88.4 Å². The summed E-state index contributed by atoms with van der Waals surface area (Å²) in [4.78, 5) is 13.2. The molecule has 5 nitrogen and oxygen atoms in total. The molecule has 1 saturated heterocycles. The second-order valence-electron chi connectivity index (χ2n) is 7.85. The highest BCUT2D eigenvalue weighted by molar-refractivity contribution is 9.10. The summed E-state index contributed by atoms with van der Waals surface area (Å²) in [5.41, 5.74) is 3.83. The first kappa shape index (κ1) is 25.5. The maximum absolute atomic E-state index is 12.6. The van der Waals surface area contributed by atoms with Crippen LogP contribution in [-0.4, -0.2) is 18.0 Å². The highest BCUT2D eigenvalue weighted by atomic mass is 79.9. The van der Waals surface area contributed by atoms with Gasteiger partial charge in [0, 0.05) is 10.7 Å². The van der Waals surface area contributed by atoms with Crippen LogP contribution in [0.5, 0.6) is 11.5 Å². The lowest BCUT2D eigenvalue weighted by Crippen LogP contribution is -2.30. The number of hydrogen-bond donors (Lipinski definition) is 2. The molecular weight excluding hydrogens is 548 g/mol. The Kier molecular flexibility index (Phi) is 8.65. The molecule has 1 amide bonds. The summed E-state index contributed by atoms with van der Waals surface area (Å²) in [6.45, 7) is 4.91. The number of carbonyl (C=O) groups is 1. The van der Waals surface area contributed by atoms with Gasteiger partial charge in [-0.1, -0.05) is 54.6 Å². The van der Waals surface area contributed by atoms with Gasteiger partial charge < -0.3 is 20.1 Å². The number of halogens is 2. The third kappa shape index (κ3) is 6.75. The van der Waals surface area contributed by atoms with Gasteiger partial charge in [0.15, 0.2) is 17.0 Å². The number of hydrogen-bond acceptors (Lipinski definition) is 5. The number of aryl methyl sites for hydroxylation is 1. The molecule has 1 atom stereocenters. The normalized spacial score (nSPS) is 16.3. The fourth-order valence-electron chi connectivity index (χ4n) is 3.52. The van der Waals surface area contributed by atoms with E-state index in [9.17, 15) is 4.79 Å². The van der Waals surface area contributed by atoms with Gasteiger partial charge in [0.2, 0.25) is 0 Å². The highest BCUT2D eigenvalue weighted by Gasteiger charge is 2.27. The Hall–Kier alpha value is -2.61. The molecule has 3 aromatic rings. The molecule has 1 heterocycles. The summed E-state index contributed by atoms with van der Waals surface area (Å²) < 4.78 is 12.7. The molecule has 0 radical (unpaired) electrons. The molecular formula is C27H26BrClN2O3S. The van der Waals surface area contributed by atoms with Gasteiger partial charge in [0.25, 0.3) is 5.91 Å². The van der Waals surface area contributed by atoms with Gasteiger partial charge in [0.05, 0.1) is 16.0 Å². The van der Waals surface area contributed by atoms with Crippen LogP contribution in [-0.2, 0) is 17.8 Å². The smallest absolute Gasteiger partial charge is 0.260 e. The molecule has 0 saturated carbocycles. The van der Waals surface area contributed by atoms with E-state index < -0.39 is 0 Å². The van der Waals surface area contributed by atoms with Crippen LogP contribution in [0.1, 0.15) is 30.5 Å². The van der Waals surface area contributed by atoms with Crippen molar-refractivity contribution in [2.75, 3.05) is 11.9 Å². The fourth-order valence-corrected chi connectivity index (χ4v) is 5.20. The average Bonchev–Trinajstić information content (AvgIpc) is 3.18. The van der Waals surface area contributed by atoms with E-state index in [4.69, 9.17) is 21.1 Å². The molecule has 35 heavy (non-hydrogen) atoms. The van der Waals surface area contributed by atoms with Crippen LogP contribution in [0.4, 0.5) is 5.69 Å². The minimum absolute atomic E-state index is 0.116. The van der Waals surface area contributed by atoms with Gasteiger partial charge >= 0.3 is 0 Å². The molecule has 1 fully saturated rings. The third-order valence-electron chi connectivity index (χ3n) is 5.32. The first-order valence-corrected chi connectivity index (χ1v) is 13.4. The zero-order chi connectivity index (χ0) is 24.8. The Bertz CT molecular complexity index is 1220. The number of rotatable bonds is 9. The average molecular weight is 574 g/mol. The number of nitrogens with one attached hydrogen (secondary N) is 2. The summed E-state index contributed by atoms with van der Waals surface area (Å²) >= 11 is 11.0. The standard InChI is InChI=1S/C27H26BrClN2O3S/c1-3-17-7-11-21(12-8-17)30-27-31-26(32)24(35-27)15-19-13-22(28)25(23(14-19)33-4-2)34-16-18-5-9-20(29)10-6-18/h5-15,27,30H,3-4,16H2,1-2H3,(H,31,32)/b24-15-/t27-/m1/s1. The van der Waals surface area contributed by atoms with E-state index >= 15 is 0 Å². The van der Waals surface area contributed by atoms with E-state index in [1.807, 2.05) is 61.5 Å². The van der Waals surface area contributed by atoms with Crippen molar-refractivity contribution in [2.24, 2.45) is 0 Å². The topological polar surface area (TPSA) is 59.6 Å². The zero-order valence-electron chi connectivity index (χ0n) is 19.4. The number of ether oxygens (including phenoxy) is 2. The van der Waals surface area contributed by atoms with Gasteiger partial charge in [-0.3, -0.25) is 4.79 Å². The summed E-state index contributed by atoms with van der Waals surface area (Å²) in [5, 5.41) is 7.01. The van der Waals surface area contributed by atoms with E-state index in [2.05, 4.69) is 45.6 Å². The second kappa shape index (κ2) is 11.9. The first-order chi connectivity index (χ1) is 16.9. The minimum Gasteiger partial charge on any atom is -0.490 e. The molecule has 8 heteroatoms. The lowest BCUT2D eigenvalue weighted by atomic mass is 10.1. The van der Waals surface area contributed by atoms with Crippen molar-refractivity contribution in [3.63, 3.8) is 0 Å². The van der Waals surface area contributed by atoms with Gasteiger partial charge in [-0.15, -0.1) is 0 Å². The van der Waals surface area contributed by atoms with E-state index in [0.717, 1.165) is 27.7 Å². The first-order valence-electron chi connectivity index (χ1n) is 11.3. The van der Waals surface area contributed by atoms with E-state index in [-0.39, 0.29) is 11.4 Å². The van der Waals surface area contributed by atoms with Crippen LogP contribution in [0.3, 0.4) is 0 Å². The van der Waals surface area contributed by atoms with Crippen LogP contribution >= 0.6 is 39.3 Å². The van der Waals surface area contributed by atoms with Crippen LogP contribution < -0.4 is 20.1 Å². The Morgan fingerprint density at radius 1 is 1.06 bits per heavy atom. The van der Waals surface area contributed by atoms with Gasteiger partial charge in [-0.2, -0.15) is 0 Å². The predicted molar refractivity (Wildman–Crippen MR) is 148 cm³/mol. The lowest BCUT2D eigenvalue weighted by Gasteiger charge is -2.15. The Morgan fingerprint density at radius 2 is 1.77 bits per heavy atom. The van der Waals surface area contributed by atoms with Crippen LogP contribution in [0, 0.1) is 0 Å². The SMILES string of the molecule is CCOc1cc(/C=C2\S[C@H](Nc3ccc(CC)cc3)NC2=O)cc(Br)c1OCc1ccc(Cl)cc1. The third-order valence-corrected chi connectivity index (χ3v) is 7.19. The Morgan fingerprint density at radius 3 is 2.46 bits per heavy atom. The summed E-state index contributed by atoms with van der Waals surface area (Å²) in [5.74, 6) is 1.11. The van der Waals surface area contributed by atoms with Crippen molar-refractivity contribution < 1.29 is 14.3 Å². The zero-order valence-corrected chi connectivity index (χ0v) is 22.6. The van der Waals surface area contributed by atoms with Crippen LogP contribution in [0.2, 0.25) is 5.02 Å². The van der Waals surface area contributed by atoms with Crippen LogP contribution in [0.15, 0.2) is 70.0 Å². The summed E-state index contributed by atoms with van der Waals surface area (Å²) in [7, 11) is 0. The maximum atomic E-state index is 12.6. The largest absolute Gasteiger partial charge is 0.490 e. The monoisotopic (exact) mass is 572 g/mol. The van der Waals surface area contributed by atoms with E-state index in [0.29, 0.717) is 34.6 Å². The number of benzene rings is 3. The molecule has 0 bridgehead atoms. The summed E-state index contributed by atoms with van der Waals surface area (Å²) in [6, 6.07) is 19.6. The van der Waals surface area contributed by atoms with Crippen molar-refractivity contribution in [1.29, 1.82) is 0 Å². The lowest BCUT2D eigenvalue weighted by molar-refractivity contribution is -0.116. The van der Waals surface area contributed by atoms with Crippen molar-refractivity contribution in [2.45, 2.75) is 32.4 Å². The molecule has 0 aliphatic carbocycles. The highest BCUT2D eigenvalue weighted by Crippen LogP contribution is 2.39. The van der Waals surface area contributed by atoms with Crippen molar-refractivity contribution >= 4 is 57.0 Å². The number of anilines is 1. The van der Waals surface area contributed by atoms with Crippen LogP contribution in [0.25, 0.3) is 6.08 Å². The minimum atomic E-state index is -0.238. The van der Waals surface area contributed by atoms with Crippen molar-refractivity contribution in [3.8, 4) is 11.5 Å². The molecule has 0 spiro atoms. The molecule has 1 aliphatic rings. The molecule has 0 unspecified atom stereocenters. The second-order valence-corrected chi connectivity index (χ2v) is 10.3. The fraction of sp³-hybridized carbons (Fsp3) is 0.222. The predicted octanol–water partition coefficient (Wildman–Crippen LogP) is 7.24. The number of amides is 1. The maximum Gasteiger partial charge on any atom is 0.260 e. The van der Waals surface area contributed by atoms with Gasteiger partial charge in [-0.25, -0.2) is 0 Å². The van der Waals surface area contributed by atoms with E-state index in [1.165, 1.54) is 17.3 Å². The summed E-state index contributed by atoms with van der Waals surface area (Å²) in [6.07, 6.45) is 2.85. The Balaban J connectivity index is 1.48. The number of thioether (sulfide) groups is 1. The molecule has 0 aromatic heterocycles. The van der Waals surface area contributed by atoms with Gasteiger partial charge in [0.1, 0.15) is 6.61 Å². The number of carbonyl (C=O) groups excluding carboxylic acids is 1. The molecule has 4 rings (SSSR count). The van der Waals surface area contributed by atoms with Crippen molar-refractivity contribution in [3.05, 3.63) is 91.8 Å². The Labute approximate surface area is 223 Å². The molecule has 3 aromatic carbocycles.